The maximum absolute atomic E-state index is 3.75. The summed E-state index contributed by atoms with van der Waals surface area (Å²) in [6, 6.07) is 0. The van der Waals surface area contributed by atoms with Crippen molar-refractivity contribution in [3.63, 3.8) is 0 Å². The van der Waals surface area contributed by atoms with E-state index in [4.69, 9.17) is 0 Å². The van der Waals surface area contributed by atoms with Crippen LogP contribution in [0.15, 0.2) is 24.3 Å². The Bertz CT molecular complexity index is 176. The molecule has 0 aromatic rings. The lowest BCUT2D eigenvalue weighted by atomic mass is 10.0. The van der Waals surface area contributed by atoms with Gasteiger partial charge in [0.1, 0.15) is 0 Å². The van der Waals surface area contributed by atoms with Gasteiger partial charge in [0.2, 0.25) is 0 Å². The van der Waals surface area contributed by atoms with Crippen LogP contribution in [0.2, 0.25) is 0 Å². The van der Waals surface area contributed by atoms with Crippen molar-refractivity contribution in [3.8, 4) is 0 Å². The second kappa shape index (κ2) is 12.5. The minimum absolute atomic E-state index is 1.19. The Morgan fingerprint density at radius 2 is 1.69 bits per heavy atom. The largest absolute Gasteiger partial charge is 0.103 e. The van der Waals surface area contributed by atoms with Gasteiger partial charge in [-0.15, -0.1) is 6.58 Å². The first-order chi connectivity index (χ1) is 7.85. The lowest BCUT2D eigenvalue weighted by Gasteiger charge is -2.04. The Kier molecular flexibility index (Phi) is 12.1. The molecule has 0 bridgehead atoms. The van der Waals surface area contributed by atoms with E-state index in [9.17, 15) is 0 Å². The second-order valence-electron chi connectivity index (χ2n) is 4.60. The van der Waals surface area contributed by atoms with Crippen molar-refractivity contribution >= 4 is 0 Å². The van der Waals surface area contributed by atoms with Crippen molar-refractivity contribution in [3.05, 3.63) is 24.3 Å². The molecule has 0 amide bonds. The van der Waals surface area contributed by atoms with Gasteiger partial charge in [-0.1, -0.05) is 57.3 Å². The van der Waals surface area contributed by atoms with E-state index < -0.39 is 0 Å². The molecule has 0 radical (unpaired) electrons. The lowest BCUT2D eigenvalue weighted by molar-refractivity contribution is 0.637. The summed E-state index contributed by atoms with van der Waals surface area (Å²) in [5.41, 5.74) is 1.68. The molecule has 0 fully saturated rings. The Morgan fingerprint density at radius 3 is 2.31 bits per heavy atom. The van der Waals surface area contributed by atoms with Crippen LogP contribution in [-0.2, 0) is 0 Å². The summed E-state index contributed by atoms with van der Waals surface area (Å²) in [5.74, 6) is 0. The molecule has 94 valence electrons. The van der Waals surface area contributed by atoms with Gasteiger partial charge in [-0.05, 0) is 38.5 Å². The summed E-state index contributed by atoms with van der Waals surface area (Å²) in [5, 5.41) is 0. The van der Waals surface area contributed by atoms with E-state index in [1.807, 2.05) is 6.08 Å². The van der Waals surface area contributed by atoms with Gasteiger partial charge in [-0.2, -0.15) is 0 Å². The van der Waals surface area contributed by atoms with E-state index in [2.05, 4.69) is 26.5 Å². The minimum Gasteiger partial charge on any atom is -0.103 e. The van der Waals surface area contributed by atoms with Crippen molar-refractivity contribution in [1.29, 1.82) is 0 Å². The normalized spacial score (nSPS) is 11.8. The highest BCUT2D eigenvalue weighted by Gasteiger charge is 1.95. The van der Waals surface area contributed by atoms with Crippen molar-refractivity contribution in [2.24, 2.45) is 0 Å². The molecule has 0 spiro atoms. The number of unbranched alkanes of at least 4 members (excludes halogenated alkanes) is 6. The smallest absolute Gasteiger partial charge is 0.0320 e. The molecule has 0 heterocycles. The second-order valence-corrected chi connectivity index (χ2v) is 4.60. The van der Waals surface area contributed by atoms with Crippen molar-refractivity contribution in [2.45, 2.75) is 78.1 Å². The van der Waals surface area contributed by atoms with Crippen molar-refractivity contribution < 1.29 is 0 Å². The van der Waals surface area contributed by atoms with Gasteiger partial charge in [0, 0.05) is 0 Å². The van der Waals surface area contributed by atoms with Crippen LogP contribution in [0.25, 0.3) is 0 Å². The van der Waals surface area contributed by atoms with Gasteiger partial charge >= 0.3 is 0 Å². The summed E-state index contributed by atoms with van der Waals surface area (Å²) in [7, 11) is 0. The number of rotatable bonds is 11. The first-order valence-corrected chi connectivity index (χ1v) is 7.13. The Hall–Kier alpha value is -0.520. The zero-order chi connectivity index (χ0) is 12.1. The van der Waals surface area contributed by atoms with Gasteiger partial charge in [-0.25, -0.2) is 0 Å². The predicted octanol–water partition coefficient (Wildman–Crippen LogP) is 6.04. The number of hydrogen-bond donors (Lipinski definition) is 0. The van der Waals surface area contributed by atoms with Gasteiger partial charge in [-0.3, -0.25) is 0 Å². The standard InChI is InChI=1S/C16H30/c1-4-7-9-10-11-13-15-16(6-3)14-12-8-5-2/h4,14H,1,5-13,15H2,2-3H3. The highest BCUT2D eigenvalue weighted by atomic mass is 14.0. The van der Waals surface area contributed by atoms with Crippen LogP contribution < -0.4 is 0 Å². The van der Waals surface area contributed by atoms with Crippen LogP contribution >= 0.6 is 0 Å². The van der Waals surface area contributed by atoms with E-state index in [0.717, 1.165) is 0 Å². The molecule has 0 aliphatic rings. The Morgan fingerprint density at radius 1 is 0.938 bits per heavy atom. The fourth-order valence-electron chi connectivity index (χ4n) is 1.93. The lowest BCUT2D eigenvalue weighted by Crippen LogP contribution is -1.84. The van der Waals surface area contributed by atoms with Crippen LogP contribution in [0.5, 0.6) is 0 Å². The molecule has 0 heteroatoms. The first-order valence-electron chi connectivity index (χ1n) is 7.13. The molecule has 0 aromatic heterocycles. The van der Waals surface area contributed by atoms with Gasteiger partial charge in [0.25, 0.3) is 0 Å². The van der Waals surface area contributed by atoms with Crippen LogP contribution in [0.3, 0.4) is 0 Å². The molecular weight excluding hydrogens is 192 g/mol. The summed E-state index contributed by atoms with van der Waals surface area (Å²) in [6.07, 6.45) is 17.7. The van der Waals surface area contributed by atoms with E-state index in [-0.39, 0.29) is 0 Å². The molecule has 0 aliphatic heterocycles. The van der Waals surface area contributed by atoms with Crippen molar-refractivity contribution in [1.82, 2.24) is 0 Å². The maximum atomic E-state index is 3.75. The summed E-state index contributed by atoms with van der Waals surface area (Å²) in [6.45, 7) is 8.30. The van der Waals surface area contributed by atoms with Crippen LogP contribution in [0.4, 0.5) is 0 Å². The molecule has 0 atom stereocenters. The molecule has 0 aromatic carbocycles. The number of hydrogen-bond acceptors (Lipinski definition) is 0. The summed E-state index contributed by atoms with van der Waals surface area (Å²) < 4.78 is 0. The molecule has 0 saturated carbocycles. The van der Waals surface area contributed by atoms with Crippen LogP contribution in [-0.4, -0.2) is 0 Å². The third kappa shape index (κ3) is 10.0. The summed E-state index contributed by atoms with van der Waals surface area (Å²) in [4.78, 5) is 0. The third-order valence-electron chi connectivity index (χ3n) is 3.10. The Labute approximate surface area is 103 Å². The molecule has 0 N–H and O–H groups in total. The molecule has 0 nitrogen and oxygen atoms in total. The fraction of sp³-hybridized carbons (Fsp3) is 0.750. The number of allylic oxidation sites excluding steroid dienone is 3. The van der Waals surface area contributed by atoms with Gasteiger partial charge in [0.05, 0.1) is 0 Å². The average molecular weight is 222 g/mol. The SMILES string of the molecule is C=CCCCCCCC(=CCCCC)CC. The molecule has 0 unspecified atom stereocenters. The third-order valence-corrected chi connectivity index (χ3v) is 3.10. The average Bonchev–Trinajstić information content (AvgIpc) is 2.31. The van der Waals surface area contributed by atoms with Crippen LogP contribution in [0, 0.1) is 0 Å². The first kappa shape index (κ1) is 15.5. The predicted molar refractivity (Wildman–Crippen MR) is 75.8 cm³/mol. The van der Waals surface area contributed by atoms with E-state index in [1.165, 1.54) is 64.2 Å². The minimum atomic E-state index is 1.19. The topological polar surface area (TPSA) is 0 Å². The van der Waals surface area contributed by atoms with E-state index in [1.54, 1.807) is 5.57 Å². The molecule has 0 saturated heterocycles. The molecule has 0 aliphatic carbocycles. The molecule has 0 rings (SSSR count). The zero-order valence-corrected chi connectivity index (χ0v) is 11.4. The van der Waals surface area contributed by atoms with Crippen LogP contribution in [0.1, 0.15) is 78.1 Å². The van der Waals surface area contributed by atoms with E-state index in [0.29, 0.717) is 0 Å². The molecular formula is C16H30. The van der Waals surface area contributed by atoms with Gasteiger partial charge in [0.15, 0.2) is 0 Å². The maximum Gasteiger partial charge on any atom is -0.0320 e. The summed E-state index contributed by atoms with van der Waals surface area (Å²) >= 11 is 0. The zero-order valence-electron chi connectivity index (χ0n) is 11.4. The Balaban J connectivity index is 3.46. The van der Waals surface area contributed by atoms with Crippen molar-refractivity contribution in [2.75, 3.05) is 0 Å². The molecule has 16 heavy (non-hydrogen) atoms. The monoisotopic (exact) mass is 222 g/mol. The highest BCUT2D eigenvalue weighted by molar-refractivity contribution is 5.00. The highest BCUT2D eigenvalue weighted by Crippen LogP contribution is 2.15. The fourth-order valence-corrected chi connectivity index (χ4v) is 1.93. The quantitative estimate of drug-likeness (QED) is 0.295. The van der Waals surface area contributed by atoms with E-state index >= 15 is 0 Å². The van der Waals surface area contributed by atoms with Gasteiger partial charge < -0.3 is 0 Å².